The number of amides is 2. The molecule has 0 bridgehead atoms. The van der Waals surface area contributed by atoms with E-state index in [4.69, 9.17) is 17.3 Å². The number of carbonyl (C=O) groups is 2. The highest BCUT2D eigenvalue weighted by molar-refractivity contribution is 8.01. The van der Waals surface area contributed by atoms with Gasteiger partial charge >= 0.3 is 0 Å². The van der Waals surface area contributed by atoms with E-state index in [1.165, 1.54) is 23.1 Å². The van der Waals surface area contributed by atoms with Gasteiger partial charge in [0.15, 0.2) is 4.34 Å². The van der Waals surface area contributed by atoms with Gasteiger partial charge in [-0.1, -0.05) is 23.1 Å². The molecule has 2 heterocycles. The van der Waals surface area contributed by atoms with E-state index in [9.17, 15) is 9.59 Å². The molecule has 7 nitrogen and oxygen atoms in total. The van der Waals surface area contributed by atoms with Crippen LogP contribution in [0.2, 0.25) is 0 Å². The standard InChI is InChI=1S/C13H20ClN5O2S2/c1-13(2,8-14)10(21)18-3-5-19(6-4-18)11-16-17-12(23-11)22-7-9(15)20/h3-8H2,1-2H3,(H2,15,20). The number of piperazine rings is 1. The number of thioether (sulfide) groups is 1. The van der Waals surface area contributed by atoms with Crippen molar-refractivity contribution in [1.82, 2.24) is 15.1 Å². The second-order valence-electron chi connectivity index (χ2n) is 5.90. The first-order valence-corrected chi connectivity index (χ1v) is 9.52. The second kappa shape index (κ2) is 7.67. The smallest absolute Gasteiger partial charge is 0.229 e. The van der Waals surface area contributed by atoms with Crippen LogP contribution in [0.1, 0.15) is 13.8 Å². The third-order valence-electron chi connectivity index (χ3n) is 3.48. The first-order valence-electron chi connectivity index (χ1n) is 7.18. The molecule has 1 aromatic heterocycles. The van der Waals surface area contributed by atoms with E-state index >= 15 is 0 Å². The maximum absolute atomic E-state index is 12.4. The van der Waals surface area contributed by atoms with Gasteiger partial charge < -0.3 is 15.5 Å². The quantitative estimate of drug-likeness (QED) is 0.588. The summed E-state index contributed by atoms with van der Waals surface area (Å²) in [4.78, 5) is 27.1. The number of hydrogen-bond donors (Lipinski definition) is 1. The van der Waals surface area contributed by atoms with Crippen LogP contribution in [0.4, 0.5) is 5.13 Å². The molecule has 0 spiro atoms. The van der Waals surface area contributed by atoms with Crippen molar-refractivity contribution in [3.63, 3.8) is 0 Å². The van der Waals surface area contributed by atoms with Gasteiger partial charge in [-0.05, 0) is 13.8 Å². The average Bonchev–Trinajstić information content (AvgIpc) is 3.01. The maximum atomic E-state index is 12.4. The lowest BCUT2D eigenvalue weighted by atomic mass is 9.94. The van der Waals surface area contributed by atoms with Crippen molar-refractivity contribution >= 4 is 51.6 Å². The number of halogens is 1. The minimum Gasteiger partial charge on any atom is -0.369 e. The van der Waals surface area contributed by atoms with E-state index in [0.29, 0.717) is 32.1 Å². The Morgan fingerprint density at radius 3 is 2.52 bits per heavy atom. The Labute approximate surface area is 148 Å². The fraction of sp³-hybridized carbons (Fsp3) is 0.692. The van der Waals surface area contributed by atoms with Crippen molar-refractivity contribution in [2.45, 2.75) is 18.2 Å². The van der Waals surface area contributed by atoms with Gasteiger partial charge in [0.05, 0.1) is 11.2 Å². The fourth-order valence-corrected chi connectivity index (χ4v) is 3.85. The van der Waals surface area contributed by atoms with Crippen molar-refractivity contribution in [3.8, 4) is 0 Å². The summed E-state index contributed by atoms with van der Waals surface area (Å²) in [6.07, 6.45) is 0. The monoisotopic (exact) mass is 377 g/mol. The molecule has 2 rings (SSSR count). The predicted molar refractivity (Wildman–Crippen MR) is 93.1 cm³/mol. The van der Waals surface area contributed by atoms with Crippen molar-refractivity contribution in [1.29, 1.82) is 0 Å². The predicted octanol–water partition coefficient (Wildman–Crippen LogP) is 1.03. The van der Waals surface area contributed by atoms with Crippen LogP contribution in [-0.4, -0.2) is 64.7 Å². The highest BCUT2D eigenvalue weighted by Crippen LogP contribution is 2.29. The molecule has 2 amide bonds. The fourth-order valence-electron chi connectivity index (χ4n) is 2.11. The molecule has 128 valence electrons. The van der Waals surface area contributed by atoms with Crippen molar-refractivity contribution in [2.24, 2.45) is 11.1 Å². The van der Waals surface area contributed by atoms with Gasteiger partial charge in [-0.2, -0.15) is 0 Å². The van der Waals surface area contributed by atoms with E-state index in [-0.39, 0.29) is 17.6 Å². The first kappa shape index (κ1) is 18.3. The van der Waals surface area contributed by atoms with Crippen LogP contribution in [0, 0.1) is 5.41 Å². The minimum absolute atomic E-state index is 0.0853. The minimum atomic E-state index is -0.537. The zero-order valence-electron chi connectivity index (χ0n) is 13.1. The number of primary amides is 1. The van der Waals surface area contributed by atoms with Gasteiger partial charge in [-0.3, -0.25) is 9.59 Å². The van der Waals surface area contributed by atoms with Crippen LogP contribution in [-0.2, 0) is 9.59 Å². The molecule has 1 aliphatic rings. The summed E-state index contributed by atoms with van der Waals surface area (Å²) < 4.78 is 0.723. The SMILES string of the molecule is CC(C)(CCl)C(=O)N1CCN(c2nnc(SCC(N)=O)s2)CC1. The number of aromatic nitrogens is 2. The molecule has 1 aliphatic heterocycles. The number of hydrogen-bond acceptors (Lipinski definition) is 7. The van der Waals surface area contributed by atoms with Gasteiger partial charge in [0.2, 0.25) is 16.9 Å². The molecular formula is C13H20ClN5O2S2. The summed E-state index contributed by atoms with van der Waals surface area (Å²) in [6, 6.07) is 0. The highest BCUT2D eigenvalue weighted by Gasteiger charge is 2.33. The molecule has 0 aliphatic carbocycles. The number of alkyl halides is 1. The zero-order chi connectivity index (χ0) is 17.0. The lowest BCUT2D eigenvalue weighted by Crippen LogP contribution is -2.52. The van der Waals surface area contributed by atoms with E-state index in [0.717, 1.165) is 9.47 Å². The van der Waals surface area contributed by atoms with E-state index in [2.05, 4.69) is 15.1 Å². The molecule has 10 heteroatoms. The third kappa shape index (κ3) is 4.71. The Morgan fingerprint density at radius 2 is 1.96 bits per heavy atom. The largest absolute Gasteiger partial charge is 0.369 e. The van der Waals surface area contributed by atoms with Gasteiger partial charge in [0.25, 0.3) is 0 Å². The molecule has 23 heavy (non-hydrogen) atoms. The van der Waals surface area contributed by atoms with Gasteiger partial charge in [0, 0.05) is 32.1 Å². The number of carbonyl (C=O) groups excluding carboxylic acids is 2. The van der Waals surface area contributed by atoms with Crippen LogP contribution in [0.3, 0.4) is 0 Å². The summed E-state index contributed by atoms with van der Waals surface area (Å²) in [5.74, 6) is 0.218. The molecular weight excluding hydrogens is 358 g/mol. The Balaban J connectivity index is 1.89. The summed E-state index contributed by atoms with van der Waals surface area (Å²) in [5.41, 5.74) is 4.58. The number of rotatable bonds is 6. The lowest BCUT2D eigenvalue weighted by Gasteiger charge is -2.37. The second-order valence-corrected chi connectivity index (χ2v) is 8.35. The highest BCUT2D eigenvalue weighted by atomic mass is 35.5. The molecule has 0 atom stereocenters. The molecule has 2 N–H and O–H groups in total. The van der Waals surface area contributed by atoms with Gasteiger partial charge in [-0.15, -0.1) is 21.8 Å². The number of nitrogens with two attached hydrogens (primary N) is 1. The van der Waals surface area contributed by atoms with Crippen LogP contribution in [0.15, 0.2) is 4.34 Å². The van der Waals surface area contributed by atoms with E-state index in [1.54, 1.807) is 0 Å². The summed E-state index contributed by atoms with van der Waals surface area (Å²) in [6.45, 7) is 6.42. The van der Waals surface area contributed by atoms with Crippen LogP contribution in [0.25, 0.3) is 0 Å². The third-order valence-corrected chi connectivity index (χ3v) is 6.29. The summed E-state index contributed by atoms with van der Waals surface area (Å²) >= 11 is 8.60. The van der Waals surface area contributed by atoms with Crippen molar-refractivity contribution in [2.75, 3.05) is 42.7 Å². The molecule has 0 saturated carbocycles. The topological polar surface area (TPSA) is 92.4 Å². The van der Waals surface area contributed by atoms with Gasteiger partial charge in [0.1, 0.15) is 0 Å². The summed E-state index contributed by atoms with van der Waals surface area (Å²) in [5, 5.41) is 9.01. The number of anilines is 1. The average molecular weight is 378 g/mol. The molecule has 1 saturated heterocycles. The lowest BCUT2D eigenvalue weighted by molar-refractivity contribution is -0.139. The normalized spacial score (nSPS) is 15.8. The number of nitrogens with zero attached hydrogens (tertiary/aromatic N) is 4. The molecule has 1 fully saturated rings. The molecule has 0 unspecified atom stereocenters. The van der Waals surface area contributed by atoms with Gasteiger partial charge in [-0.25, -0.2) is 0 Å². The Hall–Kier alpha value is -1.06. The molecule has 0 radical (unpaired) electrons. The molecule has 1 aromatic rings. The van der Waals surface area contributed by atoms with E-state index in [1.807, 2.05) is 18.7 Å². The summed E-state index contributed by atoms with van der Waals surface area (Å²) in [7, 11) is 0. The van der Waals surface area contributed by atoms with Crippen LogP contribution < -0.4 is 10.6 Å². The first-order chi connectivity index (χ1) is 10.8. The van der Waals surface area contributed by atoms with Crippen molar-refractivity contribution < 1.29 is 9.59 Å². The zero-order valence-corrected chi connectivity index (χ0v) is 15.5. The Kier molecular flexibility index (Phi) is 6.10. The molecule has 0 aromatic carbocycles. The Bertz CT molecular complexity index is 572. The van der Waals surface area contributed by atoms with Crippen LogP contribution in [0.5, 0.6) is 0 Å². The van der Waals surface area contributed by atoms with Crippen LogP contribution >= 0.6 is 34.7 Å². The Morgan fingerprint density at radius 1 is 1.30 bits per heavy atom. The van der Waals surface area contributed by atoms with E-state index < -0.39 is 5.41 Å². The maximum Gasteiger partial charge on any atom is 0.229 e. The van der Waals surface area contributed by atoms with Crippen molar-refractivity contribution in [3.05, 3.63) is 0 Å².